The summed E-state index contributed by atoms with van der Waals surface area (Å²) in [5.41, 5.74) is 2.69. The van der Waals surface area contributed by atoms with E-state index in [1.165, 1.54) is 18.7 Å². The molecule has 0 aliphatic rings. The normalized spacial score (nSPS) is 10.7. The number of hydrogen-bond acceptors (Lipinski definition) is 5. The average molecular weight is 456 g/mol. The first-order valence-corrected chi connectivity index (χ1v) is 10.7. The van der Waals surface area contributed by atoms with E-state index in [0.29, 0.717) is 27.8 Å². The topological polar surface area (TPSA) is 86.6 Å². The first-order chi connectivity index (χ1) is 16.4. The maximum Gasteiger partial charge on any atom is 0.356 e. The largest absolute Gasteiger partial charge is 0.497 e. The van der Waals surface area contributed by atoms with Gasteiger partial charge in [0.2, 0.25) is 0 Å². The molecule has 0 saturated carbocycles. The van der Waals surface area contributed by atoms with Crippen molar-refractivity contribution in [1.29, 1.82) is 0 Å². The SMILES string of the molecule is COc1cccc(NC(=O)COC(=O)c2c(-c3ccc(C)cc3)c3ccccc3c(=O)n2C)c1. The molecule has 0 radical (unpaired) electrons. The molecular formula is C27H24N2O5. The molecule has 0 saturated heterocycles. The number of carbonyl (C=O) groups is 2. The highest BCUT2D eigenvalue weighted by Gasteiger charge is 2.23. The number of ether oxygens (including phenoxy) is 2. The Bertz CT molecular complexity index is 1440. The van der Waals surface area contributed by atoms with Crippen LogP contribution in [0.3, 0.4) is 0 Å². The predicted molar refractivity (Wildman–Crippen MR) is 131 cm³/mol. The molecule has 0 fully saturated rings. The van der Waals surface area contributed by atoms with Gasteiger partial charge in [-0.2, -0.15) is 0 Å². The third-order valence-electron chi connectivity index (χ3n) is 5.53. The van der Waals surface area contributed by atoms with Gasteiger partial charge in [0.1, 0.15) is 11.4 Å². The van der Waals surface area contributed by atoms with Crippen molar-refractivity contribution >= 4 is 28.3 Å². The van der Waals surface area contributed by atoms with Gasteiger partial charge < -0.3 is 19.4 Å². The van der Waals surface area contributed by atoms with E-state index < -0.39 is 18.5 Å². The lowest BCUT2D eigenvalue weighted by Gasteiger charge is -2.17. The van der Waals surface area contributed by atoms with Crippen LogP contribution < -0.4 is 15.6 Å². The summed E-state index contributed by atoms with van der Waals surface area (Å²) in [5.74, 6) is -0.685. The molecule has 1 N–H and O–H groups in total. The zero-order valence-corrected chi connectivity index (χ0v) is 19.1. The molecule has 1 aromatic heterocycles. The van der Waals surface area contributed by atoms with Crippen molar-refractivity contribution in [2.75, 3.05) is 19.0 Å². The van der Waals surface area contributed by atoms with Crippen LogP contribution in [-0.4, -0.2) is 30.2 Å². The highest BCUT2D eigenvalue weighted by Crippen LogP contribution is 2.31. The zero-order valence-electron chi connectivity index (χ0n) is 19.1. The van der Waals surface area contributed by atoms with E-state index in [2.05, 4.69) is 5.32 Å². The molecule has 4 aromatic rings. The van der Waals surface area contributed by atoms with Gasteiger partial charge in [0.15, 0.2) is 6.61 Å². The van der Waals surface area contributed by atoms with Crippen molar-refractivity contribution in [2.45, 2.75) is 6.92 Å². The van der Waals surface area contributed by atoms with Crippen LogP contribution in [-0.2, 0) is 16.6 Å². The number of nitrogens with one attached hydrogen (secondary N) is 1. The summed E-state index contributed by atoms with van der Waals surface area (Å²) in [6.07, 6.45) is 0. The van der Waals surface area contributed by atoms with Gasteiger partial charge in [0.25, 0.3) is 11.5 Å². The molecule has 7 heteroatoms. The Morgan fingerprint density at radius 1 is 0.941 bits per heavy atom. The number of methoxy groups -OCH3 is 1. The number of fused-ring (bicyclic) bond motifs is 1. The lowest BCUT2D eigenvalue weighted by atomic mass is 9.96. The molecule has 0 atom stereocenters. The third-order valence-corrected chi connectivity index (χ3v) is 5.53. The number of anilines is 1. The van der Waals surface area contributed by atoms with Crippen molar-refractivity contribution < 1.29 is 19.1 Å². The van der Waals surface area contributed by atoms with Crippen LogP contribution in [0.4, 0.5) is 5.69 Å². The van der Waals surface area contributed by atoms with Gasteiger partial charge in [-0.3, -0.25) is 9.59 Å². The van der Waals surface area contributed by atoms with E-state index in [9.17, 15) is 14.4 Å². The van der Waals surface area contributed by atoms with Crippen molar-refractivity contribution in [3.63, 3.8) is 0 Å². The molecule has 4 rings (SSSR count). The zero-order chi connectivity index (χ0) is 24.2. The van der Waals surface area contributed by atoms with Crippen molar-refractivity contribution in [3.8, 4) is 16.9 Å². The molecule has 0 aliphatic carbocycles. The minimum Gasteiger partial charge on any atom is -0.497 e. The van der Waals surface area contributed by atoms with Gasteiger partial charge in [0, 0.05) is 29.8 Å². The van der Waals surface area contributed by atoms with Gasteiger partial charge in [0.05, 0.1) is 7.11 Å². The second kappa shape index (κ2) is 9.62. The van der Waals surface area contributed by atoms with Crippen LogP contribution in [0.1, 0.15) is 16.1 Å². The molecule has 0 spiro atoms. The lowest BCUT2D eigenvalue weighted by Crippen LogP contribution is -2.28. The van der Waals surface area contributed by atoms with Crippen LogP contribution in [0.5, 0.6) is 5.75 Å². The maximum absolute atomic E-state index is 13.2. The van der Waals surface area contributed by atoms with Crippen LogP contribution in [0, 0.1) is 6.92 Å². The Labute approximate surface area is 196 Å². The van der Waals surface area contributed by atoms with E-state index in [1.54, 1.807) is 42.5 Å². The van der Waals surface area contributed by atoms with E-state index in [4.69, 9.17) is 9.47 Å². The number of aromatic nitrogens is 1. The highest BCUT2D eigenvalue weighted by atomic mass is 16.5. The van der Waals surface area contributed by atoms with Gasteiger partial charge in [-0.25, -0.2) is 4.79 Å². The predicted octanol–water partition coefficient (Wildman–Crippen LogP) is 4.32. The lowest BCUT2D eigenvalue weighted by molar-refractivity contribution is -0.119. The number of pyridine rings is 1. The number of benzene rings is 3. The number of rotatable bonds is 6. The fourth-order valence-corrected chi connectivity index (χ4v) is 3.81. The minimum absolute atomic E-state index is 0.0849. The minimum atomic E-state index is -0.762. The molecule has 0 aliphatic heterocycles. The number of carbonyl (C=O) groups excluding carboxylic acids is 2. The van der Waals surface area contributed by atoms with Crippen LogP contribution in [0.15, 0.2) is 77.6 Å². The molecule has 7 nitrogen and oxygen atoms in total. The Kier molecular flexibility index (Phi) is 6.45. The number of nitrogens with zero attached hydrogens (tertiary/aromatic N) is 1. The van der Waals surface area contributed by atoms with E-state index in [-0.39, 0.29) is 11.3 Å². The molecular weight excluding hydrogens is 432 g/mol. The highest BCUT2D eigenvalue weighted by molar-refractivity contribution is 6.07. The molecule has 3 aromatic carbocycles. The van der Waals surface area contributed by atoms with Crippen molar-refractivity contribution in [2.24, 2.45) is 7.05 Å². The summed E-state index contributed by atoms with van der Waals surface area (Å²) in [7, 11) is 3.06. The quantitative estimate of drug-likeness (QED) is 0.437. The number of amides is 1. The monoisotopic (exact) mass is 456 g/mol. The van der Waals surface area contributed by atoms with Gasteiger partial charge >= 0.3 is 5.97 Å². The number of hydrogen-bond donors (Lipinski definition) is 1. The molecule has 34 heavy (non-hydrogen) atoms. The van der Waals surface area contributed by atoms with Gasteiger partial charge in [-0.1, -0.05) is 54.1 Å². The number of aryl methyl sites for hydroxylation is 1. The Morgan fingerprint density at radius 3 is 2.35 bits per heavy atom. The van der Waals surface area contributed by atoms with Crippen molar-refractivity contribution in [3.05, 3.63) is 94.4 Å². The number of esters is 1. The van der Waals surface area contributed by atoms with E-state index >= 15 is 0 Å². The van der Waals surface area contributed by atoms with Gasteiger partial charge in [-0.05, 0) is 36.1 Å². The first-order valence-electron chi connectivity index (χ1n) is 10.7. The average Bonchev–Trinajstić information content (AvgIpc) is 2.85. The molecule has 172 valence electrons. The van der Waals surface area contributed by atoms with Gasteiger partial charge in [-0.15, -0.1) is 0 Å². The molecule has 0 bridgehead atoms. The summed E-state index contributed by atoms with van der Waals surface area (Å²) < 4.78 is 11.8. The summed E-state index contributed by atoms with van der Waals surface area (Å²) in [5, 5.41) is 3.80. The molecule has 1 amide bonds. The standard InChI is InChI=1S/C27H24N2O5/c1-17-11-13-18(14-12-17)24-21-9-4-5-10-22(21)26(31)29(2)25(24)27(32)34-16-23(30)28-19-7-6-8-20(15-19)33-3/h4-15H,16H2,1-3H3,(H,28,30). The van der Waals surface area contributed by atoms with Crippen molar-refractivity contribution in [1.82, 2.24) is 4.57 Å². The Hall–Kier alpha value is -4.39. The maximum atomic E-state index is 13.2. The smallest absolute Gasteiger partial charge is 0.356 e. The summed E-state index contributed by atoms with van der Waals surface area (Å²) in [4.78, 5) is 38.6. The summed E-state index contributed by atoms with van der Waals surface area (Å²) >= 11 is 0. The molecule has 0 unspecified atom stereocenters. The van der Waals surface area contributed by atoms with Crippen LogP contribution in [0.25, 0.3) is 21.9 Å². The third kappa shape index (κ3) is 4.54. The Balaban J connectivity index is 1.67. The first kappa shape index (κ1) is 22.8. The Morgan fingerprint density at radius 2 is 1.65 bits per heavy atom. The second-order valence-electron chi connectivity index (χ2n) is 7.86. The molecule has 1 heterocycles. The summed E-state index contributed by atoms with van der Waals surface area (Å²) in [6, 6.07) is 21.6. The summed E-state index contributed by atoms with van der Waals surface area (Å²) in [6.45, 7) is 1.46. The second-order valence-corrected chi connectivity index (χ2v) is 7.86. The van der Waals surface area contributed by atoms with E-state index in [1.807, 2.05) is 37.3 Å². The fraction of sp³-hybridized carbons (Fsp3) is 0.148. The van der Waals surface area contributed by atoms with E-state index in [0.717, 1.165) is 11.1 Å². The van der Waals surface area contributed by atoms with Crippen LogP contribution >= 0.6 is 0 Å². The van der Waals surface area contributed by atoms with Crippen LogP contribution in [0.2, 0.25) is 0 Å². The fourth-order valence-electron chi connectivity index (χ4n) is 3.81.